The zero-order valence-corrected chi connectivity index (χ0v) is 13.5. The first-order chi connectivity index (χ1) is 10.7. The molecule has 0 atom stereocenters. The molecule has 2 saturated heterocycles. The molecular formula is C17H23ClN2O2. The zero-order chi connectivity index (χ0) is 15.4. The summed E-state index contributed by atoms with van der Waals surface area (Å²) in [6.07, 6.45) is 3.41. The third kappa shape index (κ3) is 3.29. The van der Waals surface area contributed by atoms with Gasteiger partial charge < -0.3 is 15.4 Å². The van der Waals surface area contributed by atoms with Crippen LogP contribution in [0.3, 0.4) is 0 Å². The molecule has 1 amide bonds. The van der Waals surface area contributed by atoms with Crippen molar-refractivity contribution in [3.8, 4) is 0 Å². The minimum atomic E-state index is -0.506. The van der Waals surface area contributed by atoms with Crippen LogP contribution in [0.15, 0.2) is 24.3 Å². The van der Waals surface area contributed by atoms with Crippen molar-refractivity contribution >= 4 is 17.5 Å². The summed E-state index contributed by atoms with van der Waals surface area (Å²) < 4.78 is 5.49. The number of nitrogens with one attached hydrogen (secondary N) is 2. The summed E-state index contributed by atoms with van der Waals surface area (Å²) in [5, 5.41) is 7.28. The van der Waals surface area contributed by atoms with Gasteiger partial charge in [-0.15, -0.1) is 0 Å². The molecule has 2 fully saturated rings. The molecule has 5 heteroatoms. The molecule has 120 valence electrons. The first-order valence-electron chi connectivity index (χ1n) is 8.06. The molecule has 22 heavy (non-hydrogen) atoms. The maximum absolute atomic E-state index is 13.1. The average molecular weight is 323 g/mol. The van der Waals surface area contributed by atoms with E-state index in [1.54, 1.807) is 0 Å². The Kier molecular flexibility index (Phi) is 5.01. The first-order valence-corrected chi connectivity index (χ1v) is 8.44. The van der Waals surface area contributed by atoms with Gasteiger partial charge in [-0.05, 0) is 56.5 Å². The maximum atomic E-state index is 13.1. The maximum Gasteiger partial charge on any atom is 0.231 e. The van der Waals surface area contributed by atoms with Crippen molar-refractivity contribution in [2.45, 2.75) is 37.1 Å². The van der Waals surface area contributed by atoms with Crippen molar-refractivity contribution in [3.05, 3.63) is 34.9 Å². The van der Waals surface area contributed by atoms with Gasteiger partial charge in [-0.25, -0.2) is 0 Å². The van der Waals surface area contributed by atoms with Crippen LogP contribution in [0.2, 0.25) is 5.02 Å². The highest BCUT2D eigenvalue weighted by molar-refractivity contribution is 6.30. The summed E-state index contributed by atoms with van der Waals surface area (Å²) in [7, 11) is 0. The van der Waals surface area contributed by atoms with Crippen molar-refractivity contribution in [1.82, 2.24) is 10.6 Å². The SMILES string of the molecule is O=C(NC1CCNCC1)C1(c2cccc(Cl)c2)CCOCC1. The van der Waals surface area contributed by atoms with Gasteiger partial charge in [0.05, 0.1) is 5.41 Å². The molecule has 0 aliphatic carbocycles. The van der Waals surface area contributed by atoms with Gasteiger partial charge in [0.1, 0.15) is 0 Å². The van der Waals surface area contributed by atoms with Crippen LogP contribution >= 0.6 is 11.6 Å². The Hall–Kier alpha value is -1.10. The zero-order valence-electron chi connectivity index (χ0n) is 12.7. The van der Waals surface area contributed by atoms with Crippen LogP contribution in [0.25, 0.3) is 0 Å². The highest BCUT2D eigenvalue weighted by Gasteiger charge is 2.42. The number of ether oxygens (including phenoxy) is 1. The number of amides is 1. The van der Waals surface area contributed by atoms with Gasteiger partial charge >= 0.3 is 0 Å². The van der Waals surface area contributed by atoms with E-state index in [0.717, 1.165) is 31.5 Å². The molecule has 1 aromatic carbocycles. The van der Waals surface area contributed by atoms with E-state index in [9.17, 15) is 4.79 Å². The molecule has 2 N–H and O–H groups in total. The Balaban J connectivity index is 1.83. The van der Waals surface area contributed by atoms with Crippen LogP contribution in [0.1, 0.15) is 31.2 Å². The van der Waals surface area contributed by atoms with Crippen molar-refractivity contribution in [1.29, 1.82) is 0 Å². The average Bonchev–Trinajstić information content (AvgIpc) is 2.56. The van der Waals surface area contributed by atoms with Crippen molar-refractivity contribution in [2.24, 2.45) is 0 Å². The summed E-state index contributed by atoms with van der Waals surface area (Å²) in [4.78, 5) is 13.1. The van der Waals surface area contributed by atoms with E-state index in [1.807, 2.05) is 24.3 Å². The molecule has 0 radical (unpaired) electrons. The second-order valence-corrected chi connectivity index (χ2v) is 6.64. The molecule has 2 aliphatic rings. The predicted molar refractivity (Wildman–Crippen MR) is 87.2 cm³/mol. The largest absolute Gasteiger partial charge is 0.381 e. The van der Waals surface area contributed by atoms with Gasteiger partial charge in [0.15, 0.2) is 0 Å². The third-order valence-electron chi connectivity index (χ3n) is 4.83. The van der Waals surface area contributed by atoms with Crippen LogP contribution < -0.4 is 10.6 Å². The molecule has 2 heterocycles. The fourth-order valence-electron chi connectivity index (χ4n) is 3.44. The second-order valence-electron chi connectivity index (χ2n) is 6.20. The van der Waals surface area contributed by atoms with E-state index >= 15 is 0 Å². The summed E-state index contributed by atoms with van der Waals surface area (Å²) in [6.45, 7) is 3.18. The van der Waals surface area contributed by atoms with E-state index in [-0.39, 0.29) is 11.9 Å². The molecule has 0 saturated carbocycles. The van der Waals surface area contributed by atoms with Crippen LogP contribution in [0, 0.1) is 0 Å². The highest BCUT2D eigenvalue weighted by atomic mass is 35.5. The van der Waals surface area contributed by atoms with Crippen molar-refractivity contribution in [2.75, 3.05) is 26.3 Å². The fraction of sp³-hybridized carbons (Fsp3) is 0.588. The molecule has 0 bridgehead atoms. The smallest absolute Gasteiger partial charge is 0.231 e. The van der Waals surface area contributed by atoms with Crippen LogP contribution in [-0.2, 0) is 14.9 Å². The molecule has 1 aromatic rings. The minimum Gasteiger partial charge on any atom is -0.381 e. The number of hydrogen-bond donors (Lipinski definition) is 2. The van der Waals surface area contributed by atoms with Gasteiger partial charge in [-0.2, -0.15) is 0 Å². The van der Waals surface area contributed by atoms with Crippen molar-refractivity contribution < 1.29 is 9.53 Å². The number of carbonyl (C=O) groups is 1. The lowest BCUT2D eigenvalue weighted by Crippen LogP contribution is -2.52. The number of carbonyl (C=O) groups excluding carboxylic acids is 1. The standard InChI is InChI=1S/C17H23ClN2O2/c18-14-3-1-2-13(12-14)17(6-10-22-11-7-17)16(21)20-15-4-8-19-9-5-15/h1-3,12,15,19H,4-11H2,(H,20,21). The van der Waals surface area contributed by atoms with Gasteiger partial charge in [0, 0.05) is 24.3 Å². The van der Waals surface area contributed by atoms with E-state index in [4.69, 9.17) is 16.3 Å². The Morgan fingerprint density at radius 3 is 2.68 bits per heavy atom. The van der Waals surface area contributed by atoms with E-state index in [0.29, 0.717) is 31.1 Å². The molecular weight excluding hydrogens is 300 g/mol. The number of benzene rings is 1. The topological polar surface area (TPSA) is 50.4 Å². The summed E-state index contributed by atoms with van der Waals surface area (Å²) in [5.41, 5.74) is 0.503. The Morgan fingerprint density at radius 2 is 2.00 bits per heavy atom. The lowest BCUT2D eigenvalue weighted by molar-refractivity contribution is -0.131. The molecule has 0 unspecified atom stereocenters. The molecule has 0 spiro atoms. The number of piperidine rings is 1. The predicted octanol–water partition coefficient (Wildman–Crippen LogP) is 2.26. The monoisotopic (exact) mass is 322 g/mol. The quantitative estimate of drug-likeness (QED) is 0.897. The summed E-state index contributed by atoms with van der Waals surface area (Å²) in [5.74, 6) is 0.130. The first kappa shape index (κ1) is 15.8. The van der Waals surface area contributed by atoms with Gasteiger partial charge in [-0.3, -0.25) is 4.79 Å². The van der Waals surface area contributed by atoms with Crippen LogP contribution in [-0.4, -0.2) is 38.3 Å². The molecule has 2 aliphatic heterocycles. The number of hydrogen-bond acceptors (Lipinski definition) is 3. The molecule has 4 nitrogen and oxygen atoms in total. The Bertz CT molecular complexity index is 523. The minimum absolute atomic E-state index is 0.130. The van der Waals surface area contributed by atoms with Gasteiger partial charge in [0.2, 0.25) is 5.91 Å². The Morgan fingerprint density at radius 1 is 1.27 bits per heavy atom. The second kappa shape index (κ2) is 6.99. The molecule has 0 aromatic heterocycles. The summed E-state index contributed by atoms with van der Waals surface area (Å²) in [6, 6.07) is 7.98. The van der Waals surface area contributed by atoms with Gasteiger partial charge in [-0.1, -0.05) is 23.7 Å². The van der Waals surface area contributed by atoms with E-state index in [1.165, 1.54) is 0 Å². The van der Waals surface area contributed by atoms with E-state index < -0.39 is 5.41 Å². The third-order valence-corrected chi connectivity index (χ3v) is 5.07. The van der Waals surface area contributed by atoms with Crippen molar-refractivity contribution in [3.63, 3.8) is 0 Å². The lowest BCUT2D eigenvalue weighted by atomic mass is 9.73. The van der Waals surface area contributed by atoms with Crippen LogP contribution in [0.4, 0.5) is 0 Å². The highest BCUT2D eigenvalue weighted by Crippen LogP contribution is 2.36. The summed E-state index contributed by atoms with van der Waals surface area (Å²) >= 11 is 6.15. The fourth-order valence-corrected chi connectivity index (χ4v) is 3.63. The van der Waals surface area contributed by atoms with E-state index in [2.05, 4.69) is 10.6 Å². The van der Waals surface area contributed by atoms with Gasteiger partial charge in [0.25, 0.3) is 0 Å². The number of rotatable bonds is 3. The number of halogens is 1. The molecule has 3 rings (SSSR count). The normalized spacial score (nSPS) is 22.2. The Labute approximate surface area is 136 Å². The van der Waals surface area contributed by atoms with Crippen LogP contribution in [0.5, 0.6) is 0 Å². The lowest BCUT2D eigenvalue weighted by Gasteiger charge is -2.38.